The van der Waals surface area contributed by atoms with Gasteiger partial charge in [-0.2, -0.15) is 0 Å². The first-order valence-electron chi connectivity index (χ1n) is 11.5. The van der Waals surface area contributed by atoms with E-state index in [1.807, 2.05) is 0 Å². The first-order valence-corrected chi connectivity index (χ1v) is 13.0. The first kappa shape index (κ1) is 25.6. The van der Waals surface area contributed by atoms with Gasteiger partial charge in [0.05, 0.1) is 23.1 Å². The number of fused-ring (bicyclic) bond motifs is 1. The third kappa shape index (κ3) is 4.34. The van der Waals surface area contributed by atoms with Gasteiger partial charge in [0, 0.05) is 24.9 Å². The van der Waals surface area contributed by atoms with Crippen LogP contribution < -0.4 is 5.82 Å². The van der Waals surface area contributed by atoms with Crippen LogP contribution in [0.4, 0.5) is 13.2 Å². The minimum absolute atomic E-state index is 0.0589. The van der Waals surface area contributed by atoms with Gasteiger partial charge in [0.2, 0.25) is 5.91 Å². The van der Waals surface area contributed by atoms with Crippen molar-refractivity contribution in [2.45, 2.75) is 37.1 Å². The molecule has 1 atom stereocenters. The van der Waals surface area contributed by atoms with E-state index in [0.29, 0.717) is 23.6 Å². The van der Waals surface area contributed by atoms with E-state index >= 15 is 0 Å². The highest BCUT2D eigenvalue weighted by atomic mass is 32.2. The Kier molecular flexibility index (Phi) is 6.30. The number of aryl methyl sites for hydroxylation is 1. The molecule has 0 N–H and O–H groups in total. The number of rotatable bonds is 6. The van der Waals surface area contributed by atoms with Crippen molar-refractivity contribution in [3.63, 3.8) is 0 Å². The molecule has 0 saturated carbocycles. The molecule has 0 saturated heterocycles. The number of hydrogen-bond donors (Lipinski definition) is 0. The van der Waals surface area contributed by atoms with Gasteiger partial charge in [0.1, 0.15) is 23.2 Å². The Morgan fingerprint density at radius 3 is 2.50 bits per heavy atom. The average Bonchev–Trinajstić information content (AvgIpc) is 3.52. The lowest BCUT2D eigenvalue weighted by Crippen LogP contribution is -2.30. The smallest absolute Gasteiger partial charge is 0.396 e. The van der Waals surface area contributed by atoms with Crippen molar-refractivity contribution in [1.29, 1.82) is 0 Å². The number of halogens is 3. The van der Waals surface area contributed by atoms with Gasteiger partial charge in [-0.1, -0.05) is 6.07 Å². The molecular weight excluding hydrogens is 525 g/mol. The Morgan fingerprint density at radius 2 is 1.84 bits per heavy atom. The number of carbonyl (C=O) groups is 1. The summed E-state index contributed by atoms with van der Waals surface area (Å²) in [4.78, 5) is 25.7. The van der Waals surface area contributed by atoms with Crippen LogP contribution in [0.1, 0.15) is 35.0 Å². The van der Waals surface area contributed by atoms with Crippen molar-refractivity contribution in [3.8, 4) is 11.3 Å². The summed E-state index contributed by atoms with van der Waals surface area (Å²) in [6.07, 6.45) is 1.77. The molecule has 8 nitrogen and oxygen atoms in total. The molecule has 12 heteroatoms. The summed E-state index contributed by atoms with van der Waals surface area (Å²) in [7, 11) is -2.94. The molecule has 4 aromatic rings. The van der Waals surface area contributed by atoms with Crippen LogP contribution in [-0.4, -0.2) is 30.2 Å². The van der Waals surface area contributed by atoms with Gasteiger partial charge >= 0.3 is 5.82 Å². The van der Waals surface area contributed by atoms with Crippen LogP contribution in [0.5, 0.6) is 0 Å². The van der Waals surface area contributed by atoms with Crippen molar-refractivity contribution in [1.82, 2.24) is 8.87 Å². The number of likely N-dealkylation sites (N-methyl/N-ethyl adjacent to an activating group) is 1. The van der Waals surface area contributed by atoms with E-state index in [4.69, 9.17) is 8.83 Å². The fourth-order valence-corrected chi connectivity index (χ4v) is 6.21. The number of nitrogens with zero attached hydrogens (tertiary/aromatic N) is 2. The van der Waals surface area contributed by atoms with Gasteiger partial charge in [0.25, 0.3) is 10.0 Å². The SMILES string of the molecule is Cc1oc(=O)oc1CN(C)C(=O)C1CCc2c1cn(S(=O)(=O)c1cccc(F)c1)c2-c1ccc(F)cc1F. The van der Waals surface area contributed by atoms with Crippen LogP contribution in [0.25, 0.3) is 11.3 Å². The lowest BCUT2D eigenvalue weighted by atomic mass is 10.0. The third-order valence-electron chi connectivity index (χ3n) is 6.60. The zero-order chi connectivity index (χ0) is 27.4. The van der Waals surface area contributed by atoms with Gasteiger partial charge in [-0.05, 0) is 61.2 Å². The van der Waals surface area contributed by atoms with Crippen molar-refractivity contribution >= 4 is 15.9 Å². The van der Waals surface area contributed by atoms with Gasteiger partial charge in [-0.15, -0.1) is 0 Å². The monoisotopic (exact) mass is 546 g/mol. The number of benzene rings is 2. The van der Waals surface area contributed by atoms with Gasteiger partial charge in [0.15, 0.2) is 5.76 Å². The lowest BCUT2D eigenvalue weighted by molar-refractivity contribution is -0.132. The van der Waals surface area contributed by atoms with Crippen LogP contribution in [0.15, 0.2) is 67.2 Å². The Morgan fingerprint density at radius 1 is 1.11 bits per heavy atom. The maximum atomic E-state index is 15.0. The minimum Gasteiger partial charge on any atom is -0.396 e. The normalized spacial score (nSPS) is 15.0. The molecule has 2 aromatic heterocycles. The van der Waals surface area contributed by atoms with Crippen LogP contribution >= 0.6 is 0 Å². The second-order valence-electron chi connectivity index (χ2n) is 9.01. The number of carbonyl (C=O) groups excluding carboxylic acids is 1. The van der Waals surface area contributed by atoms with Gasteiger partial charge in [-0.25, -0.2) is 30.4 Å². The van der Waals surface area contributed by atoms with E-state index in [1.165, 1.54) is 37.2 Å². The molecule has 38 heavy (non-hydrogen) atoms. The highest BCUT2D eigenvalue weighted by Crippen LogP contribution is 2.43. The number of amides is 1. The van der Waals surface area contributed by atoms with Crippen molar-refractivity contribution in [2.75, 3.05) is 7.05 Å². The molecule has 5 rings (SSSR count). The van der Waals surface area contributed by atoms with E-state index in [9.17, 15) is 31.2 Å². The van der Waals surface area contributed by atoms with Crippen molar-refractivity contribution < 1.29 is 35.2 Å². The van der Waals surface area contributed by atoms with E-state index in [-0.39, 0.29) is 40.6 Å². The number of aromatic nitrogens is 1. The average molecular weight is 547 g/mol. The predicted octanol–water partition coefficient (Wildman–Crippen LogP) is 4.35. The van der Waals surface area contributed by atoms with Crippen LogP contribution in [0, 0.1) is 24.4 Å². The topological polar surface area (TPSA) is 103 Å². The Balaban J connectivity index is 1.62. The zero-order valence-corrected chi connectivity index (χ0v) is 21.0. The van der Waals surface area contributed by atoms with E-state index < -0.39 is 45.1 Å². The molecule has 0 fully saturated rings. The largest absolute Gasteiger partial charge is 0.519 e. The maximum Gasteiger partial charge on any atom is 0.519 e. The summed E-state index contributed by atoms with van der Waals surface area (Å²) >= 11 is 0. The van der Waals surface area contributed by atoms with Gasteiger partial charge in [-0.3, -0.25) is 4.79 Å². The van der Waals surface area contributed by atoms with Crippen molar-refractivity contribution in [2.24, 2.45) is 0 Å². The molecular formula is C26H21F3N2O6S. The standard InChI is InChI=1S/C26H21F3N2O6S/c1-14-23(37-26(33)36-14)13-30(2)25(32)19-9-8-18-21(19)12-31(24(18)20-7-6-16(28)11-22(20)29)38(34,35)17-5-3-4-15(27)10-17/h3-7,10-12,19H,8-9,13H2,1-2H3. The van der Waals surface area contributed by atoms with Crippen molar-refractivity contribution in [3.05, 3.63) is 99.4 Å². The fraction of sp³-hybridized carbons (Fsp3) is 0.231. The lowest BCUT2D eigenvalue weighted by Gasteiger charge is -2.20. The zero-order valence-electron chi connectivity index (χ0n) is 20.2. The molecule has 198 valence electrons. The Hall–Kier alpha value is -4.06. The van der Waals surface area contributed by atoms with Gasteiger partial charge < -0.3 is 13.7 Å². The highest BCUT2D eigenvalue weighted by Gasteiger charge is 2.38. The van der Waals surface area contributed by atoms with Crippen LogP contribution in [0.2, 0.25) is 0 Å². The maximum absolute atomic E-state index is 15.0. The second-order valence-corrected chi connectivity index (χ2v) is 10.8. The van der Waals surface area contributed by atoms with Crippen LogP contribution in [-0.2, 0) is 27.8 Å². The summed E-state index contributed by atoms with van der Waals surface area (Å²) < 4.78 is 80.4. The molecule has 2 heterocycles. The quantitative estimate of drug-likeness (QED) is 0.356. The molecule has 2 aromatic carbocycles. The second kappa shape index (κ2) is 9.35. The molecule has 1 unspecified atom stereocenters. The summed E-state index contributed by atoms with van der Waals surface area (Å²) in [5, 5.41) is 0. The summed E-state index contributed by atoms with van der Waals surface area (Å²) in [6, 6.07) is 7.12. The molecule has 0 bridgehead atoms. The fourth-order valence-electron chi connectivity index (χ4n) is 4.77. The minimum atomic E-state index is -4.44. The molecule has 0 aliphatic heterocycles. The number of hydrogen-bond acceptors (Lipinski definition) is 6. The Labute approximate surface area is 215 Å². The summed E-state index contributed by atoms with van der Waals surface area (Å²) in [6.45, 7) is 1.46. The summed E-state index contributed by atoms with van der Waals surface area (Å²) in [5.41, 5.74) is 0.528. The molecule has 1 aliphatic carbocycles. The molecule has 1 amide bonds. The Bertz CT molecular complexity index is 1740. The summed E-state index contributed by atoms with van der Waals surface area (Å²) in [5.74, 6) is -4.29. The first-order chi connectivity index (χ1) is 18.0. The van der Waals surface area contributed by atoms with Crippen LogP contribution in [0.3, 0.4) is 0 Å². The molecule has 0 spiro atoms. The van der Waals surface area contributed by atoms with E-state index in [0.717, 1.165) is 28.2 Å². The van der Waals surface area contributed by atoms with E-state index in [1.54, 1.807) is 0 Å². The van der Waals surface area contributed by atoms with E-state index in [2.05, 4.69) is 0 Å². The molecule has 0 radical (unpaired) electrons. The third-order valence-corrected chi connectivity index (χ3v) is 8.25. The predicted molar refractivity (Wildman–Crippen MR) is 128 cm³/mol. The highest BCUT2D eigenvalue weighted by molar-refractivity contribution is 7.90. The molecule has 1 aliphatic rings.